The number of benzene rings is 2. The molecule has 0 aliphatic carbocycles. The highest BCUT2D eigenvalue weighted by Gasteiger charge is 2.34. The molecule has 1 aliphatic heterocycles. The first-order chi connectivity index (χ1) is 13.1. The molecule has 2 N–H and O–H groups in total. The molecule has 0 unspecified atom stereocenters. The fraction of sp³-hybridized carbons (Fsp3) is 0.286. The minimum Gasteiger partial charge on any atom is -0.357 e. The number of rotatable bonds is 6. The number of nitrogens with zero attached hydrogens (tertiary/aromatic N) is 2. The lowest BCUT2D eigenvalue weighted by molar-refractivity contribution is 0.0657. The molecular formula is C21H24N4O2. The molecular weight excluding hydrogens is 340 g/mol. The van der Waals surface area contributed by atoms with Crippen LogP contribution in [-0.2, 0) is 6.54 Å². The zero-order chi connectivity index (χ0) is 19.2. The summed E-state index contributed by atoms with van der Waals surface area (Å²) in [4.78, 5) is 30.6. The molecule has 2 amide bonds. The third kappa shape index (κ3) is 4.16. The third-order valence-corrected chi connectivity index (χ3v) is 4.52. The normalized spacial score (nSPS) is 13.7. The maximum absolute atomic E-state index is 12.4. The first kappa shape index (κ1) is 18.6. The summed E-state index contributed by atoms with van der Waals surface area (Å²) in [6, 6.07) is 15.1. The number of carbonyl (C=O) groups excluding carboxylic acids is 2. The van der Waals surface area contributed by atoms with Crippen molar-refractivity contribution in [3.63, 3.8) is 0 Å². The van der Waals surface area contributed by atoms with Gasteiger partial charge in [-0.2, -0.15) is 0 Å². The van der Waals surface area contributed by atoms with Gasteiger partial charge < -0.3 is 10.6 Å². The van der Waals surface area contributed by atoms with Crippen molar-refractivity contribution in [2.24, 2.45) is 4.99 Å². The van der Waals surface area contributed by atoms with E-state index in [4.69, 9.17) is 0 Å². The smallest absolute Gasteiger partial charge is 0.261 e. The van der Waals surface area contributed by atoms with Crippen LogP contribution in [0.2, 0.25) is 0 Å². The summed E-state index contributed by atoms with van der Waals surface area (Å²) in [5.41, 5.74) is 3.31. The predicted molar refractivity (Wildman–Crippen MR) is 106 cm³/mol. The van der Waals surface area contributed by atoms with E-state index >= 15 is 0 Å². The van der Waals surface area contributed by atoms with Gasteiger partial charge in [0, 0.05) is 19.6 Å². The molecule has 0 fully saturated rings. The summed E-state index contributed by atoms with van der Waals surface area (Å²) in [5, 5.41) is 6.39. The van der Waals surface area contributed by atoms with Crippen LogP contribution in [0.5, 0.6) is 0 Å². The van der Waals surface area contributed by atoms with Crippen molar-refractivity contribution in [1.29, 1.82) is 0 Å². The maximum Gasteiger partial charge on any atom is 0.261 e. The summed E-state index contributed by atoms with van der Waals surface area (Å²) in [7, 11) is 0. The van der Waals surface area contributed by atoms with E-state index in [0.717, 1.165) is 12.1 Å². The van der Waals surface area contributed by atoms with Crippen LogP contribution in [0.4, 0.5) is 0 Å². The van der Waals surface area contributed by atoms with Gasteiger partial charge in [-0.05, 0) is 37.1 Å². The van der Waals surface area contributed by atoms with Crippen LogP contribution in [0.15, 0.2) is 53.5 Å². The Morgan fingerprint density at radius 3 is 2.22 bits per heavy atom. The molecule has 27 heavy (non-hydrogen) atoms. The quantitative estimate of drug-likeness (QED) is 0.469. The molecule has 1 aliphatic rings. The fourth-order valence-corrected chi connectivity index (χ4v) is 3.02. The first-order valence-electron chi connectivity index (χ1n) is 9.13. The number of carbonyl (C=O) groups is 2. The number of guanidine groups is 1. The Kier molecular flexibility index (Phi) is 5.86. The number of hydrogen-bond acceptors (Lipinski definition) is 3. The number of aliphatic imine (C=N–C) groups is 1. The van der Waals surface area contributed by atoms with E-state index in [1.807, 2.05) is 19.1 Å². The molecule has 6 nitrogen and oxygen atoms in total. The zero-order valence-electron chi connectivity index (χ0n) is 15.7. The highest BCUT2D eigenvalue weighted by Crippen LogP contribution is 2.21. The van der Waals surface area contributed by atoms with Crippen LogP contribution in [0.25, 0.3) is 0 Å². The Bertz CT molecular complexity index is 841. The molecule has 2 aromatic carbocycles. The molecule has 0 saturated heterocycles. The van der Waals surface area contributed by atoms with Gasteiger partial charge in [-0.25, -0.2) is 4.99 Å². The van der Waals surface area contributed by atoms with Crippen LogP contribution in [0.1, 0.15) is 38.8 Å². The van der Waals surface area contributed by atoms with E-state index in [1.54, 1.807) is 24.3 Å². The van der Waals surface area contributed by atoms with Crippen molar-refractivity contribution in [3.8, 4) is 0 Å². The van der Waals surface area contributed by atoms with Crippen LogP contribution >= 0.6 is 0 Å². The lowest BCUT2D eigenvalue weighted by Gasteiger charge is -2.16. The highest BCUT2D eigenvalue weighted by atomic mass is 16.2. The third-order valence-electron chi connectivity index (χ3n) is 4.52. The minimum atomic E-state index is -0.237. The molecule has 3 rings (SSSR count). The molecule has 6 heteroatoms. The van der Waals surface area contributed by atoms with Crippen LogP contribution in [0.3, 0.4) is 0 Å². The first-order valence-corrected chi connectivity index (χ1v) is 9.13. The molecule has 0 radical (unpaired) electrons. The van der Waals surface area contributed by atoms with Crippen molar-refractivity contribution in [3.05, 3.63) is 70.8 Å². The summed E-state index contributed by atoms with van der Waals surface area (Å²) < 4.78 is 0. The predicted octanol–water partition coefficient (Wildman–Crippen LogP) is 2.35. The van der Waals surface area contributed by atoms with E-state index in [-0.39, 0.29) is 11.8 Å². The average molecular weight is 364 g/mol. The highest BCUT2D eigenvalue weighted by molar-refractivity contribution is 6.21. The van der Waals surface area contributed by atoms with Gasteiger partial charge in [-0.3, -0.25) is 14.5 Å². The van der Waals surface area contributed by atoms with E-state index in [9.17, 15) is 9.59 Å². The standard InChI is InChI=1S/C21H24N4O2/c1-3-22-21(24-14-16-9-5-4-8-15(16)2)23-12-13-25-19(26)17-10-6-7-11-18(17)20(25)27/h4-11H,3,12-14H2,1-2H3,(H2,22,23,24). The van der Waals surface area contributed by atoms with Gasteiger partial charge in [0.15, 0.2) is 5.96 Å². The lowest BCUT2D eigenvalue weighted by Crippen LogP contribution is -2.43. The Labute approximate surface area is 159 Å². The minimum absolute atomic E-state index is 0.237. The van der Waals surface area contributed by atoms with Crippen LogP contribution < -0.4 is 10.6 Å². The van der Waals surface area contributed by atoms with Gasteiger partial charge in [0.2, 0.25) is 0 Å². The summed E-state index contributed by atoms with van der Waals surface area (Å²) >= 11 is 0. The van der Waals surface area contributed by atoms with Crippen molar-refractivity contribution < 1.29 is 9.59 Å². The van der Waals surface area contributed by atoms with E-state index in [2.05, 4.69) is 34.7 Å². The Hall–Kier alpha value is -3.15. The maximum atomic E-state index is 12.4. The number of imide groups is 1. The number of hydrogen-bond donors (Lipinski definition) is 2. The topological polar surface area (TPSA) is 73.8 Å². The van der Waals surface area contributed by atoms with E-state index < -0.39 is 0 Å². The number of aryl methyl sites for hydroxylation is 1. The monoisotopic (exact) mass is 364 g/mol. The zero-order valence-corrected chi connectivity index (χ0v) is 15.7. The number of nitrogens with one attached hydrogen (secondary N) is 2. The van der Waals surface area contributed by atoms with Crippen molar-refractivity contribution in [1.82, 2.24) is 15.5 Å². The lowest BCUT2D eigenvalue weighted by atomic mass is 10.1. The summed E-state index contributed by atoms with van der Waals surface area (Å²) in [5.74, 6) is 0.191. The number of fused-ring (bicyclic) bond motifs is 1. The molecule has 140 valence electrons. The van der Waals surface area contributed by atoms with Gasteiger partial charge in [0.1, 0.15) is 0 Å². The fourth-order valence-electron chi connectivity index (χ4n) is 3.02. The molecule has 2 aromatic rings. The Morgan fingerprint density at radius 2 is 1.59 bits per heavy atom. The van der Waals surface area contributed by atoms with Gasteiger partial charge >= 0.3 is 0 Å². The van der Waals surface area contributed by atoms with Crippen molar-refractivity contribution >= 4 is 17.8 Å². The molecule has 0 aromatic heterocycles. The molecule has 1 heterocycles. The number of amides is 2. The second-order valence-electron chi connectivity index (χ2n) is 6.36. The molecule has 0 spiro atoms. The summed E-state index contributed by atoms with van der Waals surface area (Å²) in [6.07, 6.45) is 0. The SMILES string of the molecule is CCNC(=NCc1ccccc1C)NCCN1C(=O)c2ccccc2C1=O. The van der Waals surface area contributed by atoms with Crippen molar-refractivity contribution in [2.75, 3.05) is 19.6 Å². The van der Waals surface area contributed by atoms with Crippen molar-refractivity contribution in [2.45, 2.75) is 20.4 Å². The van der Waals surface area contributed by atoms with Gasteiger partial charge in [-0.15, -0.1) is 0 Å². The average Bonchev–Trinajstić information content (AvgIpc) is 2.92. The van der Waals surface area contributed by atoms with Gasteiger partial charge in [-0.1, -0.05) is 36.4 Å². The van der Waals surface area contributed by atoms with Crippen LogP contribution in [0, 0.1) is 6.92 Å². The van der Waals surface area contributed by atoms with Gasteiger partial charge in [0.25, 0.3) is 11.8 Å². The molecule has 0 saturated carbocycles. The second kappa shape index (κ2) is 8.49. The molecule has 0 atom stereocenters. The largest absolute Gasteiger partial charge is 0.357 e. The van der Waals surface area contributed by atoms with Crippen LogP contribution in [-0.4, -0.2) is 42.3 Å². The molecule has 0 bridgehead atoms. The Morgan fingerprint density at radius 1 is 0.963 bits per heavy atom. The van der Waals surface area contributed by atoms with E-state index in [0.29, 0.717) is 36.7 Å². The van der Waals surface area contributed by atoms with E-state index in [1.165, 1.54) is 10.5 Å². The summed E-state index contributed by atoms with van der Waals surface area (Å²) in [6.45, 7) is 6.08. The Balaban J connectivity index is 1.59. The van der Waals surface area contributed by atoms with Gasteiger partial charge in [0.05, 0.1) is 17.7 Å². The second-order valence-corrected chi connectivity index (χ2v) is 6.36.